The minimum Gasteiger partial charge on any atom is -0.309 e. The highest BCUT2D eigenvalue weighted by molar-refractivity contribution is 6.09. The lowest BCUT2D eigenvalue weighted by Gasteiger charge is -2.33. The van der Waals surface area contributed by atoms with Crippen LogP contribution < -0.4 is 0 Å². The molecule has 2 aliphatic rings. The molecule has 0 saturated heterocycles. The highest BCUT2D eigenvalue weighted by Crippen LogP contribution is 2.51. The van der Waals surface area contributed by atoms with E-state index in [2.05, 4.69) is 138 Å². The van der Waals surface area contributed by atoms with E-state index in [9.17, 15) is 0 Å². The molecule has 37 heavy (non-hydrogen) atoms. The average molecular weight is 472 g/mol. The van der Waals surface area contributed by atoms with Gasteiger partial charge in [-0.1, -0.05) is 109 Å². The number of nitrogens with zero attached hydrogens (tertiary/aromatic N) is 1. The summed E-state index contributed by atoms with van der Waals surface area (Å²) in [7, 11) is 0. The van der Waals surface area contributed by atoms with Crippen molar-refractivity contribution in [2.24, 2.45) is 0 Å². The molecule has 0 radical (unpaired) electrons. The van der Waals surface area contributed by atoms with Crippen LogP contribution in [0.4, 0.5) is 0 Å². The maximum Gasteiger partial charge on any atom is 0.0541 e. The predicted molar refractivity (Wildman–Crippen MR) is 156 cm³/mol. The summed E-state index contributed by atoms with van der Waals surface area (Å²) in [5.74, 6) is 0.392. The van der Waals surface area contributed by atoms with Gasteiger partial charge in [-0.25, -0.2) is 0 Å². The molecule has 174 valence electrons. The van der Waals surface area contributed by atoms with E-state index >= 15 is 0 Å². The second-order valence-corrected chi connectivity index (χ2v) is 10.1. The van der Waals surface area contributed by atoms with Crippen molar-refractivity contribution in [3.8, 4) is 16.8 Å². The molecule has 0 bridgehead atoms. The molecular weight excluding hydrogens is 446 g/mol. The van der Waals surface area contributed by atoms with Crippen LogP contribution in [0.5, 0.6) is 0 Å². The Morgan fingerprint density at radius 2 is 1.11 bits per heavy atom. The van der Waals surface area contributed by atoms with E-state index in [1.165, 1.54) is 66.5 Å². The lowest BCUT2D eigenvalue weighted by Crippen LogP contribution is -2.13. The van der Waals surface area contributed by atoms with Crippen LogP contribution in [0.15, 0.2) is 133 Å². The van der Waals surface area contributed by atoms with E-state index < -0.39 is 0 Å². The lowest BCUT2D eigenvalue weighted by atomic mass is 9.70. The molecule has 0 N–H and O–H groups in total. The molecule has 0 amide bonds. The molecule has 8 rings (SSSR count). The van der Waals surface area contributed by atoms with Gasteiger partial charge in [0, 0.05) is 22.4 Å². The SMILES string of the molecule is C1=C(c2ccc(-n3c4ccccc4c4ccccc43)cc2)CC2C(=C1)c1ccccc1-c1ccccc12. The van der Waals surface area contributed by atoms with Crippen LogP contribution in [0, 0.1) is 0 Å². The summed E-state index contributed by atoms with van der Waals surface area (Å²) in [6.07, 6.45) is 5.72. The lowest BCUT2D eigenvalue weighted by molar-refractivity contribution is 0.881. The second kappa shape index (κ2) is 7.94. The number of fused-ring (bicyclic) bond motifs is 9. The fraction of sp³-hybridized carbons (Fsp3) is 0.0556. The first-order valence-electron chi connectivity index (χ1n) is 13.1. The van der Waals surface area contributed by atoms with Crippen molar-refractivity contribution in [1.29, 1.82) is 0 Å². The zero-order valence-corrected chi connectivity index (χ0v) is 20.4. The molecule has 1 heteroatoms. The van der Waals surface area contributed by atoms with E-state index in [0.29, 0.717) is 5.92 Å². The quantitative estimate of drug-likeness (QED) is 0.237. The summed E-state index contributed by atoms with van der Waals surface area (Å²) >= 11 is 0. The summed E-state index contributed by atoms with van der Waals surface area (Å²) < 4.78 is 2.38. The zero-order chi connectivity index (χ0) is 24.3. The Bertz CT molecular complexity index is 1840. The number of allylic oxidation sites excluding steroid dienone is 4. The fourth-order valence-corrected chi connectivity index (χ4v) is 6.51. The van der Waals surface area contributed by atoms with Crippen molar-refractivity contribution in [3.63, 3.8) is 0 Å². The van der Waals surface area contributed by atoms with Crippen LogP contribution in [-0.4, -0.2) is 4.57 Å². The topological polar surface area (TPSA) is 4.93 Å². The fourth-order valence-electron chi connectivity index (χ4n) is 6.51. The van der Waals surface area contributed by atoms with Crippen LogP contribution in [0.25, 0.3) is 49.8 Å². The standard InChI is InChI=1S/C36H25N/c1-2-11-29-27(9-1)28-10-3-4-12-30(28)34-23-25(19-22-31(29)34)24-17-20-26(21-18-24)37-35-15-7-5-13-32(35)33-14-6-8-16-36(33)37/h1-22,34H,23H2. The summed E-state index contributed by atoms with van der Waals surface area (Å²) in [5, 5.41) is 2.59. The molecule has 1 aromatic heterocycles. The maximum absolute atomic E-state index is 2.38. The minimum absolute atomic E-state index is 0.392. The van der Waals surface area contributed by atoms with Crippen molar-refractivity contribution in [2.75, 3.05) is 0 Å². The van der Waals surface area contributed by atoms with E-state index in [1.807, 2.05) is 0 Å². The molecule has 1 atom stereocenters. The predicted octanol–water partition coefficient (Wildman–Crippen LogP) is 9.42. The molecule has 0 saturated carbocycles. The normalized spacial score (nSPS) is 16.1. The van der Waals surface area contributed by atoms with Gasteiger partial charge in [-0.05, 0) is 69.6 Å². The van der Waals surface area contributed by atoms with Crippen molar-refractivity contribution < 1.29 is 0 Å². The van der Waals surface area contributed by atoms with Crippen LogP contribution in [0.2, 0.25) is 0 Å². The minimum atomic E-state index is 0.392. The number of aromatic nitrogens is 1. The summed E-state index contributed by atoms with van der Waals surface area (Å²) in [4.78, 5) is 0. The number of para-hydroxylation sites is 2. The second-order valence-electron chi connectivity index (χ2n) is 10.1. The third-order valence-corrected chi connectivity index (χ3v) is 8.20. The van der Waals surface area contributed by atoms with E-state index in [-0.39, 0.29) is 0 Å². The highest BCUT2D eigenvalue weighted by atomic mass is 15.0. The Morgan fingerprint density at radius 3 is 1.84 bits per heavy atom. The number of hydrogen-bond donors (Lipinski definition) is 0. The highest BCUT2D eigenvalue weighted by Gasteiger charge is 2.30. The summed E-state index contributed by atoms with van der Waals surface area (Å²) in [6, 6.07) is 44.3. The van der Waals surface area contributed by atoms with Gasteiger partial charge in [0.05, 0.1) is 11.0 Å². The molecule has 0 spiro atoms. The van der Waals surface area contributed by atoms with Gasteiger partial charge in [0.2, 0.25) is 0 Å². The Morgan fingerprint density at radius 1 is 0.514 bits per heavy atom. The number of rotatable bonds is 2. The first-order valence-corrected chi connectivity index (χ1v) is 13.1. The van der Waals surface area contributed by atoms with Crippen LogP contribution >= 0.6 is 0 Å². The van der Waals surface area contributed by atoms with Crippen LogP contribution in [0.1, 0.15) is 29.0 Å². The van der Waals surface area contributed by atoms with Gasteiger partial charge in [0.25, 0.3) is 0 Å². The Kier molecular flexibility index (Phi) is 4.41. The van der Waals surface area contributed by atoms with Gasteiger partial charge in [-0.2, -0.15) is 0 Å². The molecule has 1 nitrogen and oxygen atoms in total. The van der Waals surface area contributed by atoms with Gasteiger partial charge >= 0.3 is 0 Å². The third-order valence-electron chi connectivity index (χ3n) is 8.20. The van der Waals surface area contributed by atoms with E-state index in [1.54, 1.807) is 0 Å². The molecule has 2 aliphatic carbocycles. The van der Waals surface area contributed by atoms with Gasteiger partial charge in [-0.15, -0.1) is 0 Å². The van der Waals surface area contributed by atoms with Crippen LogP contribution in [0.3, 0.4) is 0 Å². The first-order chi connectivity index (χ1) is 18.4. The van der Waals surface area contributed by atoms with Gasteiger partial charge in [-0.3, -0.25) is 0 Å². The molecular formula is C36H25N. The largest absolute Gasteiger partial charge is 0.309 e. The van der Waals surface area contributed by atoms with Crippen molar-refractivity contribution in [3.05, 3.63) is 150 Å². The first kappa shape index (κ1) is 20.6. The van der Waals surface area contributed by atoms with Crippen molar-refractivity contribution in [2.45, 2.75) is 12.3 Å². The maximum atomic E-state index is 2.38. The Balaban J connectivity index is 1.22. The van der Waals surface area contributed by atoms with Crippen molar-refractivity contribution in [1.82, 2.24) is 4.57 Å². The Labute approximate surface area is 216 Å². The van der Waals surface area contributed by atoms with E-state index in [4.69, 9.17) is 0 Å². The van der Waals surface area contributed by atoms with Gasteiger partial charge in [0.15, 0.2) is 0 Å². The molecule has 0 fully saturated rings. The molecule has 1 unspecified atom stereocenters. The van der Waals surface area contributed by atoms with Gasteiger partial charge < -0.3 is 4.57 Å². The molecule has 5 aromatic carbocycles. The molecule has 6 aromatic rings. The molecule has 0 aliphatic heterocycles. The zero-order valence-electron chi connectivity index (χ0n) is 20.4. The Hall–Kier alpha value is -4.62. The smallest absolute Gasteiger partial charge is 0.0541 e. The number of hydrogen-bond acceptors (Lipinski definition) is 0. The summed E-state index contributed by atoms with van der Waals surface area (Å²) in [5.41, 5.74) is 13.4. The number of benzene rings is 5. The van der Waals surface area contributed by atoms with Crippen LogP contribution in [-0.2, 0) is 0 Å². The van der Waals surface area contributed by atoms with E-state index in [0.717, 1.165) is 6.42 Å². The monoisotopic (exact) mass is 471 g/mol. The van der Waals surface area contributed by atoms with Crippen molar-refractivity contribution >= 4 is 33.0 Å². The molecule has 1 heterocycles. The third kappa shape index (κ3) is 3.04. The average Bonchev–Trinajstić information content (AvgIpc) is 3.32. The van der Waals surface area contributed by atoms with Gasteiger partial charge in [0.1, 0.15) is 0 Å². The summed E-state index contributed by atoms with van der Waals surface area (Å²) in [6.45, 7) is 0.